The monoisotopic (exact) mass is 292 g/mol. The minimum atomic E-state index is -2.30. The van der Waals surface area contributed by atoms with E-state index in [0.29, 0.717) is 0 Å². The van der Waals surface area contributed by atoms with Gasteiger partial charge >= 0.3 is 8.56 Å². The first kappa shape index (κ1) is 17.0. The first-order valence-electron chi connectivity index (χ1n) is 7.63. The second kappa shape index (κ2) is 8.98. The molecule has 0 aliphatic heterocycles. The molecule has 1 atom stereocenters. The van der Waals surface area contributed by atoms with E-state index in [4.69, 9.17) is 8.85 Å². The molecule has 1 aromatic rings. The highest BCUT2D eigenvalue weighted by molar-refractivity contribution is 6.71. The second-order valence-electron chi connectivity index (χ2n) is 5.35. The molecule has 1 aromatic carbocycles. The van der Waals surface area contributed by atoms with Crippen LogP contribution in [-0.4, -0.2) is 15.2 Å². The number of unbranched alkanes of at least 4 members (excludes halogenated alkanes) is 4. The summed E-state index contributed by atoms with van der Waals surface area (Å²) in [6.07, 6.45) is 6.23. The van der Waals surface area contributed by atoms with Crippen LogP contribution in [-0.2, 0) is 4.43 Å². The summed E-state index contributed by atoms with van der Waals surface area (Å²) in [4.78, 5) is 0. The number of benzene rings is 1. The Hall–Kier alpha value is -1.06. The molecule has 1 rings (SSSR count). The van der Waals surface area contributed by atoms with Crippen LogP contribution in [0, 0.1) is 6.92 Å². The molecule has 0 saturated carbocycles. The van der Waals surface area contributed by atoms with Gasteiger partial charge in [0.2, 0.25) is 0 Å². The third kappa shape index (κ3) is 5.93. The van der Waals surface area contributed by atoms with Crippen molar-refractivity contribution in [3.63, 3.8) is 0 Å². The van der Waals surface area contributed by atoms with Crippen molar-refractivity contribution in [2.45, 2.75) is 52.5 Å². The molecule has 0 saturated heterocycles. The summed E-state index contributed by atoms with van der Waals surface area (Å²) < 4.78 is 12.1. The van der Waals surface area contributed by atoms with Gasteiger partial charge in [0.15, 0.2) is 0 Å². The Labute approximate surface area is 125 Å². The van der Waals surface area contributed by atoms with Gasteiger partial charge in [-0.3, -0.25) is 0 Å². The lowest BCUT2D eigenvalue weighted by Crippen LogP contribution is -2.40. The zero-order valence-electron chi connectivity index (χ0n) is 13.2. The summed E-state index contributed by atoms with van der Waals surface area (Å²) in [5.41, 5.74) is 3.01. The average molecular weight is 292 g/mol. The van der Waals surface area contributed by atoms with Gasteiger partial charge < -0.3 is 8.85 Å². The predicted octanol–water partition coefficient (Wildman–Crippen LogP) is 5.16. The molecule has 2 nitrogen and oxygen atoms in total. The van der Waals surface area contributed by atoms with Crippen LogP contribution in [0.15, 0.2) is 36.5 Å². The molecule has 1 unspecified atom stereocenters. The third-order valence-electron chi connectivity index (χ3n) is 3.41. The van der Waals surface area contributed by atoms with Crippen molar-refractivity contribution in [2.75, 3.05) is 6.61 Å². The number of hydrogen-bond acceptors (Lipinski definition) is 2. The molecular formula is C17H28O2Si. The Morgan fingerprint density at radius 1 is 1.15 bits per heavy atom. The highest BCUT2D eigenvalue weighted by atomic mass is 28.4. The smallest absolute Gasteiger partial charge is 0.422 e. The summed E-state index contributed by atoms with van der Waals surface area (Å²) >= 11 is 0. The van der Waals surface area contributed by atoms with Crippen LogP contribution in [0.5, 0.6) is 5.75 Å². The van der Waals surface area contributed by atoms with Crippen LogP contribution in [0.4, 0.5) is 0 Å². The van der Waals surface area contributed by atoms with Crippen molar-refractivity contribution in [1.29, 1.82) is 0 Å². The molecule has 0 N–H and O–H groups in total. The number of para-hydroxylation sites is 1. The number of hydrogen-bond donors (Lipinski definition) is 0. The van der Waals surface area contributed by atoms with Crippen molar-refractivity contribution in [3.05, 3.63) is 42.1 Å². The van der Waals surface area contributed by atoms with E-state index >= 15 is 0 Å². The maximum atomic E-state index is 6.11. The van der Waals surface area contributed by atoms with E-state index in [1.54, 1.807) is 0 Å². The molecule has 0 aliphatic rings. The van der Waals surface area contributed by atoms with Crippen LogP contribution in [0.1, 0.15) is 44.6 Å². The molecule has 0 radical (unpaired) electrons. The van der Waals surface area contributed by atoms with Crippen LogP contribution in [0.2, 0.25) is 6.55 Å². The first-order valence-corrected chi connectivity index (χ1v) is 10.0. The van der Waals surface area contributed by atoms with E-state index in [9.17, 15) is 0 Å². The highest BCUT2D eigenvalue weighted by Crippen LogP contribution is 2.22. The Kier molecular flexibility index (Phi) is 7.63. The Bertz CT molecular complexity index is 406. The van der Waals surface area contributed by atoms with Gasteiger partial charge in [-0.15, -0.1) is 6.58 Å². The molecule has 0 aromatic heterocycles. The summed E-state index contributed by atoms with van der Waals surface area (Å²) in [6.45, 7) is 11.0. The van der Waals surface area contributed by atoms with E-state index in [1.807, 2.05) is 23.9 Å². The van der Waals surface area contributed by atoms with Gasteiger partial charge in [-0.2, -0.15) is 0 Å². The van der Waals surface area contributed by atoms with E-state index < -0.39 is 8.56 Å². The molecule has 0 fully saturated rings. The Morgan fingerprint density at radius 2 is 1.85 bits per heavy atom. The number of rotatable bonds is 10. The van der Waals surface area contributed by atoms with Gasteiger partial charge in [-0.05, 0) is 37.2 Å². The second-order valence-corrected chi connectivity index (χ2v) is 8.28. The standard InChI is InChI=1S/C17H28O2Si/c1-5-7-8-9-12-15-18-20(4,6-2)19-17-14-11-10-13-16(17)3/h6,10-11,13-14H,2,5,7-9,12,15H2,1,3-4H3. The fraction of sp³-hybridized carbons (Fsp3) is 0.529. The lowest BCUT2D eigenvalue weighted by molar-refractivity contribution is 0.245. The normalized spacial score (nSPS) is 13.8. The lowest BCUT2D eigenvalue weighted by Gasteiger charge is -2.25. The van der Waals surface area contributed by atoms with Crippen LogP contribution >= 0.6 is 0 Å². The zero-order valence-corrected chi connectivity index (χ0v) is 14.2. The predicted molar refractivity (Wildman–Crippen MR) is 88.3 cm³/mol. The molecule has 0 spiro atoms. The fourth-order valence-electron chi connectivity index (χ4n) is 2.00. The topological polar surface area (TPSA) is 18.5 Å². The van der Waals surface area contributed by atoms with Crippen molar-refractivity contribution in [1.82, 2.24) is 0 Å². The molecular weight excluding hydrogens is 264 g/mol. The van der Waals surface area contributed by atoms with Gasteiger partial charge in [-0.1, -0.05) is 50.8 Å². The molecule has 0 aliphatic carbocycles. The van der Waals surface area contributed by atoms with Gasteiger partial charge in [0.1, 0.15) is 5.75 Å². The Morgan fingerprint density at radius 3 is 2.50 bits per heavy atom. The fourth-order valence-corrected chi connectivity index (χ4v) is 3.48. The molecule has 0 amide bonds. The Balaban J connectivity index is 2.43. The van der Waals surface area contributed by atoms with Crippen molar-refractivity contribution >= 4 is 8.56 Å². The van der Waals surface area contributed by atoms with Crippen molar-refractivity contribution in [2.24, 2.45) is 0 Å². The quantitative estimate of drug-likeness (QED) is 0.438. The van der Waals surface area contributed by atoms with Crippen LogP contribution in [0.3, 0.4) is 0 Å². The summed E-state index contributed by atoms with van der Waals surface area (Å²) in [5, 5.41) is 0. The van der Waals surface area contributed by atoms with Gasteiger partial charge in [0.25, 0.3) is 0 Å². The first-order chi connectivity index (χ1) is 9.61. The van der Waals surface area contributed by atoms with Crippen LogP contribution < -0.4 is 4.43 Å². The summed E-state index contributed by atoms with van der Waals surface area (Å²) in [5.74, 6) is 0.910. The summed E-state index contributed by atoms with van der Waals surface area (Å²) in [7, 11) is -2.30. The summed E-state index contributed by atoms with van der Waals surface area (Å²) in [6, 6.07) is 8.06. The minimum absolute atomic E-state index is 0.768. The molecule has 112 valence electrons. The van der Waals surface area contributed by atoms with Crippen molar-refractivity contribution < 1.29 is 8.85 Å². The maximum absolute atomic E-state index is 6.11. The SMILES string of the molecule is C=C[Si](C)(OCCCCCCC)Oc1ccccc1C. The van der Waals surface area contributed by atoms with E-state index in [2.05, 4.69) is 33.0 Å². The molecule has 0 heterocycles. The van der Waals surface area contributed by atoms with Gasteiger partial charge in [0.05, 0.1) is 0 Å². The lowest BCUT2D eigenvalue weighted by atomic mass is 10.2. The van der Waals surface area contributed by atoms with Crippen LogP contribution in [0.25, 0.3) is 0 Å². The average Bonchev–Trinajstić information content (AvgIpc) is 2.45. The molecule has 20 heavy (non-hydrogen) atoms. The maximum Gasteiger partial charge on any atom is 0.422 e. The van der Waals surface area contributed by atoms with E-state index in [1.165, 1.54) is 25.7 Å². The highest BCUT2D eigenvalue weighted by Gasteiger charge is 2.30. The largest absolute Gasteiger partial charge is 0.517 e. The van der Waals surface area contributed by atoms with Crippen molar-refractivity contribution in [3.8, 4) is 5.75 Å². The molecule has 0 bridgehead atoms. The number of aryl methyl sites for hydroxylation is 1. The third-order valence-corrected chi connectivity index (χ3v) is 5.56. The molecule has 3 heteroatoms. The van der Waals surface area contributed by atoms with Gasteiger partial charge in [0, 0.05) is 6.61 Å². The zero-order chi connectivity index (χ0) is 14.8. The minimum Gasteiger partial charge on any atom is -0.517 e. The van der Waals surface area contributed by atoms with Gasteiger partial charge in [-0.25, -0.2) is 0 Å². The van der Waals surface area contributed by atoms with E-state index in [-0.39, 0.29) is 0 Å². The van der Waals surface area contributed by atoms with E-state index in [0.717, 1.165) is 24.3 Å².